The van der Waals surface area contributed by atoms with E-state index in [-0.39, 0.29) is 0 Å². The maximum Gasteiger partial charge on any atom is 0.341 e. The van der Waals surface area contributed by atoms with Crippen LogP contribution in [-0.2, 0) is 4.74 Å². The van der Waals surface area contributed by atoms with Gasteiger partial charge in [0.25, 0.3) is 0 Å². The van der Waals surface area contributed by atoms with Gasteiger partial charge < -0.3 is 15.3 Å². The summed E-state index contributed by atoms with van der Waals surface area (Å²) in [6.45, 7) is 3.82. The van der Waals surface area contributed by atoms with Gasteiger partial charge in [-0.2, -0.15) is 0 Å². The van der Waals surface area contributed by atoms with E-state index >= 15 is 0 Å². The molecule has 0 atom stereocenters. The zero-order valence-corrected chi connectivity index (χ0v) is 16.1. The predicted molar refractivity (Wildman–Crippen MR) is 109 cm³/mol. The van der Waals surface area contributed by atoms with Crippen LogP contribution in [0.25, 0.3) is 0 Å². The lowest BCUT2D eigenvalue weighted by Crippen LogP contribution is -2.07. The number of esters is 1. The Morgan fingerprint density at radius 3 is 2.33 bits per heavy atom. The molecule has 0 fully saturated rings. The van der Waals surface area contributed by atoms with Gasteiger partial charge in [0, 0.05) is 11.3 Å². The normalized spacial score (nSPS) is 11.3. The van der Waals surface area contributed by atoms with Gasteiger partial charge in [0.1, 0.15) is 10.7 Å². The number of ether oxygens (including phenoxy) is 1. The number of nitrogens with zero attached hydrogens (tertiary/aromatic N) is 1. The second-order valence-electron chi connectivity index (χ2n) is 6.06. The topological polar surface area (TPSA) is 70.9 Å². The highest BCUT2D eigenvalue weighted by Gasteiger charge is 2.25. The number of nitrogens with one attached hydrogen (secondary N) is 1. The molecule has 5 nitrogen and oxygen atoms in total. The monoisotopic (exact) mass is 380 g/mol. The highest BCUT2D eigenvalue weighted by atomic mass is 32.1. The van der Waals surface area contributed by atoms with E-state index < -0.39 is 5.97 Å². The number of methoxy groups -OCH3 is 1. The predicted octanol–water partition coefficient (Wildman–Crippen LogP) is 5.12. The molecular weight excluding hydrogens is 360 g/mol. The summed E-state index contributed by atoms with van der Waals surface area (Å²) in [5.74, 6) is -0.436. The molecule has 0 amide bonds. The van der Waals surface area contributed by atoms with E-state index in [0.29, 0.717) is 26.7 Å². The molecule has 2 aromatic carbocycles. The summed E-state index contributed by atoms with van der Waals surface area (Å²) in [4.78, 5) is 13.1. The summed E-state index contributed by atoms with van der Waals surface area (Å²) in [7, 11) is 1.35. The molecule has 0 aliphatic heterocycles. The van der Waals surface area contributed by atoms with Gasteiger partial charge in [-0.15, -0.1) is 11.3 Å². The Labute approximate surface area is 161 Å². The van der Waals surface area contributed by atoms with Crippen molar-refractivity contribution >= 4 is 33.7 Å². The first-order valence-corrected chi connectivity index (χ1v) is 9.20. The zero-order chi connectivity index (χ0) is 19.4. The molecule has 0 saturated heterocycles. The molecule has 1 heterocycles. The van der Waals surface area contributed by atoms with Gasteiger partial charge in [0.05, 0.1) is 17.6 Å². The minimum atomic E-state index is -0.436. The van der Waals surface area contributed by atoms with Crippen molar-refractivity contribution in [2.45, 2.75) is 13.8 Å². The van der Waals surface area contributed by atoms with Crippen LogP contribution < -0.4 is 5.32 Å². The molecule has 3 rings (SSSR count). The number of benzene rings is 2. The smallest absolute Gasteiger partial charge is 0.341 e. The van der Waals surface area contributed by atoms with Crippen LogP contribution in [-0.4, -0.2) is 24.0 Å². The molecule has 0 spiro atoms. The molecule has 27 heavy (non-hydrogen) atoms. The van der Waals surface area contributed by atoms with Crippen molar-refractivity contribution in [3.63, 3.8) is 0 Å². The molecule has 3 aromatic rings. The first kappa shape index (κ1) is 18.7. The van der Waals surface area contributed by atoms with E-state index in [1.165, 1.54) is 18.4 Å². The fourth-order valence-electron chi connectivity index (χ4n) is 2.77. The SMILES string of the molecule is COC(=O)c1c(Nc2ccccc2)sc(/C(=N/O)c2ccc(C)cc2)c1C. The molecule has 2 N–H and O–H groups in total. The van der Waals surface area contributed by atoms with E-state index in [0.717, 1.165) is 16.8 Å². The van der Waals surface area contributed by atoms with Gasteiger partial charge in [0.2, 0.25) is 0 Å². The fraction of sp³-hybridized carbons (Fsp3) is 0.143. The molecule has 138 valence electrons. The number of hydrogen-bond donors (Lipinski definition) is 2. The Balaban J connectivity index is 2.10. The zero-order valence-electron chi connectivity index (χ0n) is 15.3. The number of oxime groups is 1. The summed E-state index contributed by atoms with van der Waals surface area (Å²) in [6, 6.07) is 17.3. The van der Waals surface area contributed by atoms with E-state index in [4.69, 9.17) is 4.74 Å². The van der Waals surface area contributed by atoms with Crippen molar-refractivity contribution in [1.29, 1.82) is 0 Å². The van der Waals surface area contributed by atoms with Gasteiger partial charge in [-0.05, 0) is 31.5 Å². The number of hydrogen-bond acceptors (Lipinski definition) is 6. The number of thiophene rings is 1. The lowest BCUT2D eigenvalue weighted by molar-refractivity contribution is 0.0601. The summed E-state index contributed by atoms with van der Waals surface area (Å²) < 4.78 is 4.97. The molecule has 0 radical (unpaired) electrons. The van der Waals surface area contributed by atoms with E-state index in [1.807, 2.05) is 68.4 Å². The van der Waals surface area contributed by atoms with E-state index in [2.05, 4.69) is 10.5 Å². The minimum Gasteiger partial charge on any atom is -0.465 e. The molecular formula is C21H20N2O3S. The first-order chi connectivity index (χ1) is 13.0. The van der Waals surface area contributed by atoms with Crippen LogP contribution in [0.15, 0.2) is 59.8 Å². The third kappa shape index (κ3) is 3.85. The quantitative estimate of drug-likeness (QED) is 0.279. The van der Waals surface area contributed by atoms with Crippen LogP contribution >= 0.6 is 11.3 Å². The number of para-hydroxylation sites is 1. The van der Waals surface area contributed by atoms with Crippen molar-refractivity contribution in [2.24, 2.45) is 5.16 Å². The summed E-state index contributed by atoms with van der Waals surface area (Å²) in [5, 5.41) is 17.1. The Hall–Kier alpha value is -3.12. The average molecular weight is 380 g/mol. The number of aryl methyl sites for hydroxylation is 1. The molecule has 6 heteroatoms. The minimum absolute atomic E-state index is 0.420. The molecule has 0 aliphatic rings. The number of carbonyl (C=O) groups is 1. The van der Waals surface area contributed by atoms with Crippen molar-refractivity contribution < 1.29 is 14.7 Å². The molecule has 0 unspecified atom stereocenters. The van der Waals surface area contributed by atoms with Crippen LogP contribution in [0.1, 0.15) is 31.9 Å². The lowest BCUT2D eigenvalue weighted by Gasteiger charge is -2.06. The van der Waals surface area contributed by atoms with E-state index in [9.17, 15) is 10.0 Å². The maximum absolute atomic E-state index is 12.4. The standard InChI is InChI=1S/C21H20N2O3S/c1-13-9-11-15(12-10-13)18(23-25)19-14(2)17(21(24)26-3)20(27-19)22-16-7-5-4-6-8-16/h4-12,22,25H,1-3H3/b23-18+. The third-order valence-corrected chi connectivity index (χ3v) is 5.42. The van der Waals surface area contributed by atoms with Gasteiger partial charge in [0.15, 0.2) is 0 Å². The van der Waals surface area contributed by atoms with Crippen LogP contribution in [0.3, 0.4) is 0 Å². The highest BCUT2D eigenvalue weighted by molar-refractivity contribution is 7.19. The molecule has 0 aliphatic carbocycles. The Bertz CT molecular complexity index is 977. The number of carbonyl (C=O) groups excluding carboxylic acids is 1. The Kier molecular flexibility index (Phi) is 5.57. The number of anilines is 2. The Morgan fingerprint density at radius 1 is 1.07 bits per heavy atom. The van der Waals surface area contributed by atoms with Crippen molar-refractivity contribution in [1.82, 2.24) is 0 Å². The van der Waals surface area contributed by atoms with Crippen LogP contribution in [0, 0.1) is 13.8 Å². The van der Waals surface area contributed by atoms with Gasteiger partial charge in [-0.3, -0.25) is 0 Å². The molecule has 0 saturated carbocycles. The third-order valence-electron chi connectivity index (χ3n) is 4.21. The number of rotatable bonds is 5. The van der Waals surface area contributed by atoms with Crippen LogP contribution in [0.2, 0.25) is 0 Å². The van der Waals surface area contributed by atoms with Gasteiger partial charge >= 0.3 is 5.97 Å². The van der Waals surface area contributed by atoms with Crippen molar-refractivity contribution in [2.75, 3.05) is 12.4 Å². The van der Waals surface area contributed by atoms with E-state index in [1.54, 1.807) is 0 Å². The Morgan fingerprint density at radius 2 is 1.74 bits per heavy atom. The second-order valence-corrected chi connectivity index (χ2v) is 7.08. The molecule has 0 bridgehead atoms. The summed E-state index contributed by atoms with van der Waals surface area (Å²) >= 11 is 1.35. The second kappa shape index (κ2) is 8.05. The summed E-state index contributed by atoms with van der Waals surface area (Å²) in [5.41, 5.74) is 4.31. The van der Waals surface area contributed by atoms with Crippen molar-refractivity contribution in [3.05, 3.63) is 81.7 Å². The van der Waals surface area contributed by atoms with Crippen LogP contribution in [0.4, 0.5) is 10.7 Å². The lowest BCUT2D eigenvalue weighted by atomic mass is 10.0. The van der Waals surface area contributed by atoms with Crippen molar-refractivity contribution in [3.8, 4) is 0 Å². The maximum atomic E-state index is 12.4. The summed E-state index contributed by atoms with van der Waals surface area (Å²) in [6.07, 6.45) is 0. The van der Waals surface area contributed by atoms with Gasteiger partial charge in [-0.1, -0.05) is 53.2 Å². The van der Waals surface area contributed by atoms with Gasteiger partial charge in [-0.25, -0.2) is 4.79 Å². The highest BCUT2D eigenvalue weighted by Crippen LogP contribution is 2.37. The average Bonchev–Trinajstić information content (AvgIpc) is 3.00. The first-order valence-electron chi connectivity index (χ1n) is 8.38. The van der Waals surface area contributed by atoms with Crippen LogP contribution in [0.5, 0.6) is 0 Å². The molecule has 1 aromatic heterocycles. The fourth-order valence-corrected chi connectivity index (χ4v) is 4.00. The largest absolute Gasteiger partial charge is 0.465 e.